The topological polar surface area (TPSA) is 82.0 Å². The van der Waals surface area contributed by atoms with E-state index in [0.29, 0.717) is 30.9 Å². The van der Waals surface area contributed by atoms with Crippen molar-refractivity contribution in [3.8, 4) is 5.75 Å². The van der Waals surface area contributed by atoms with Gasteiger partial charge in [-0.25, -0.2) is 0 Å². The minimum Gasteiger partial charge on any atom is -0.490 e. The van der Waals surface area contributed by atoms with Crippen molar-refractivity contribution in [2.75, 3.05) is 26.2 Å². The molecule has 2 aromatic carbocycles. The Hall–Kier alpha value is -3.06. The van der Waals surface area contributed by atoms with Crippen molar-refractivity contribution in [1.82, 2.24) is 10.2 Å². The van der Waals surface area contributed by atoms with Crippen molar-refractivity contribution < 1.29 is 19.7 Å². The number of aryl methyl sites for hydroxylation is 1. The van der Waals surface area contributed by atoms with Crippen LogP contribution in [-0.4, -0.2) is 53.4 Å². The second-order valence-corrected chi connectivity index (χ2v) is 12.6. The Kier molecular flexibility index (Phi) is 8.93. The molecule has 1 saturated heterocycles. The summed E-state index contributed by atoms with van der Waals surface area (Å²) in [5.41, 5.74) is 4.13. The van der Waals surface area contributed by atoms with Crippen LogP contribution >= 0.6 is 11.6 Å². The molecule has 0 aromatic heterocycles. The molecule has 3 aliphatic rings. The number of piperidine rings is 1. The highest BCUT2D eigenvalue weighted by molar-refractivity contribution is 6.30. The van der Waals surface area contributed by atoms with Crippen molar-refractivity contribution in [1.29, 1.82) is 0 Å². The fraction of sp³-hybridized carbons (Fsp3) is 0.441. The Morgan fingerprint density at radius 3 is 2.68 bits per heavy atom. The van der Waals surface area contributed by atoms with Gasteiger partial charge in [-0.05, 0) is 111 Å². The molecule has 0 radical (unpaired) electrons. The van der Waals surface area contributed by atoms with Gasteiger partial charge < -0.3 is 25.2 Å². The normalized spacial score (nSPS) is 21.2. The molecule has 3 heterocycles. The second kappa shape index (κ2) is 12.4. The highest BCUT2D eigenvalue weighted by atomic mass is 35.5. The van der Waals surface area contributed by atoms with Gasteiger partial charge in [-0.1, -0.05) is 42.0 Å². The average Bonchev–Trinajstić information content (AvgIpc) is 3.11. The largest absolute Gasteiger partial charge is 0.490 e. The van der Waals surface area contributed by atoms with E-state index in [1.54, 1.807) is 13.8 Å². The fourth-order valence-electron chi connectivity index (χ4n) is 6.00. The number of hydrogen-bond acceptors (Lipinski definition) is 5. The number of fused-ring (bicyclic) bond motifs is 2. The van der Waals surface area contributed by atoms with E-state index in [9.17, 15) is 15.0 Å². The third-order valence-corrected chi connectivity index (χ3v) is 9.05. The molecule has 2 aromatic rings. The number of carbonyl (C=O) groups is 1. The standard InChI is InChI=1S/C34H41ClN2O4/c1-33(2,32(38)39)15-3-6-24-9-14-31-29(22-24)27(28-7-4-18-36-30(28)23-41-31)8-5-19-37-20-16-34(40,17-21-37)25-10-12-26(35)13-11-25/h4,7-14,18,22,30,36,40H,3,5-6,15-17,19-21,23H2,1-2H3,(H,38,39)/b27-8+. The smallest absolute Gasteiger partial charge is 0.309 e. The molecule has 0 bridgehead atoms. The number of nitrogens with zero attached hydrogens (tertiary/aromatic N) is 1. The van der Waals surface area contributed by atoms with Crippen LogP contribution in [0.3, 0.4) is 0 Å². The number of likely N-dealkylation sites (tertiary alicyclic amines) is 1. The highest BCUT2D eigenvalue weighted by Crippen LogP contribution is 2.39. The quantitative estimate of drug-likeness (QED) is 0.323. The summed E-state index contributed by atoms with van der Waals surface area (Å²) in [5, 5.41) is 24.9. The van der Waals surface area contributed by atoms with Gasteiger partial charge in [0.05, 0.1) is 17.1 Å². The minimum atomic E-state index is -0.800. The number of halogens is 1. The first kappa shape index (κ1) is 29.4. The van der Waals surface area contributed by atoms with Gasteiger partial charge in [0.25, 0.3) is 0 Å². The molecule has 41 heavy (non-hydrogen) atoms. The molecule has 3 N–H and O–H groups in total. The number of carboxylic acid groups (broad SMARTS) is 1. The Labute approximate surface area is 248 Å². The molecule has 218 valence electrons. The van der Waals surface area contributed by atoms with Crippen LogP contribution < -0.4 is 10.1 Å². The molecular weight excluding hydrogens is 536 g/mol. The zero-order chi connectivity index (χ0) is 29.0. The summed E-state index contributed by atoms with van der Waals surface area (Å²) in [4.78, 5) is 14.0. The third-order valence-electron chi connectivity index (χ3n) is 8.80. The van der Waals surface area contributed by atoms with E-state index in [0.717, 1.165) is 55.8 Å². The van der Waals surface area contributed by atoms with E-state index < -0.39 is 17.0 Å². The Balaban J connectivity index is 1.29. The molecule has 7 heteroatoms. The van der Waals surface area contributed by atoms with Crippen molar-refractivity contribution in [3.05, 3.63) is 94.2 Å². The first-order chi connectivity index (χ1) is 19.6. The average molecular weight is 577 g/mol. The second-order valence-electron chi connectivity index (χ2n) is 12.2. The van der Waals surface area contributed by atoms with Crippen LogP contribution in [0.15, 0.2) is 72.5 Å². The van der Waals surface area contributed by atoms with Crippen LogP contribution in [0.4, 0.5) is 0 Å². The van der Waals surface area contributed by atoms with Gasteiger partial charge in [0.15, 0.2) is 0 Å². The number of aliphatic carboxylic acids is 1. The van der Waals surface area contributed by atoms with Gasteiger partial charge in [-0.2, -0.15) is 0 Å². The summed E-state index contributed by atoms with van der Waals surface area (Å²) in [6.07, 6.45) is 13.1. The predicted molar refractivity (Wildman–Crippen MR) is 164 cm³/mol. The summed E-state index contributed by atoms with van der Waals surface area (Å²) in [6.45, 7) is 6.74. The van der Waals surface area contributed by atoms with E-state index in [4.69, 9.17) is 16.3 Å². The van der Waals surface area contributed by atoms with Gasteiger partial charge in [-0.3, -0.25) is 4.79 Å². The van der Waals surface area contributed by atoms with E-state index in [2.05, 4.69) is 40.6 Å². The SMILES string of the molecule is CC(C)(CCCc1ccc2c(c1)/C(=C/CCN1CCC(O)(c3ccc(Cl)cc3)CC1)C1=CC=CNC1CO2)C(=O)O. The van der Waals surface area contributed by atoms with Crippen molar-refractivity contribution in [2.24, 2.45) is 5.41 Å². The summed E-state index contributed by atoms with van der Waals surface area (Å²) < 4.78 is 6.26. The van der Waals surface area contributed by atoms with Crippen LogP contribution in [0.2, 0.25) is 5.02 Å². The molecule has 0 aliphatic carbocycles. The molecule has 0 amide bonds. The maximum absolute atomic E-state index is 11.5. The number of allylic oxidation sites excluding steroid dienone is 2. The molecule has 5 rings (SSSR count). The molecule has 1 atom stereocenters. The van der Waals surface area contributed by atoms with Gasteiger partial charge in [0, 0.05) is 30.2 Å². The van der Waals surface area contributed by atoms with Gasteiger partial charge in [-0.15, -0.1) is 0 Å². The number of aliphatic hydroxyl groups is 1. The van der Waals surface area contributed by atoms with Gasteiger partial charge in [0.1, 0.15) is 12.4 Å². The van der Waals surface area contributed by atoms with E-state index in [-0.39, 0.29) is 6.04 Å². The van der Waals surface area contributed by atoms with Crippen LogP contribution in [0.5, 0.6) is 5.75 Å². The monoisotopic (exact) mass is 576 g/mol. The highest BCUT2D eigenvalue weighted by Gasteiger charge is 2.34. The van der Waals surface area contributed by atoms with Crippen LogP contribution in [-0.2, 0) is 16.8 Å². The molecule has 0 saturated carbocycles. The number of rotatable bonds is 9. The molecule has 6 nitrogen and oxygen atoms in total. The minimum absolute atomic E-state index is 0.0860. The number of hydrogen-bond donors (Lipinski definition) is 3. The van der Waals surface area contributed by atoms with Crippen molar-refractivity contribution in [3.63, 3.8) is 0 Å². The zero-order valence-electron chi connectivity index (χ0n) is 24.0. The first-order valence-electron chi connectivity index (χ1n) is 14.7. The van der Waals surface area contributed by atoms with E-state index in [1.807, 2.05) is 36.5 Å². The molecular formula is C34H41ClN2O4. The summed E-state index contributed by atoms with van der Waals surface area (Å²) in [7, 11) is 0. The summed E-state index contributed by atoms with van der Waals surface area (Å²) in [6, 6.07) is 14.1. The predicted octanol–water partition coefficient (Wildman–Crippen LogP) is 6.33. The zero-order valence-corrected chi connectivity index (χ0v) is 24.8. The first-order valence-corrected chi connectivity index (χ1v) is 15.1. The number of nitrogens with one attached hydrogen (secondary N) is 1. The Morgan fingerprint density at radius 2 is 1.95 bits per heavy atom. The van der Waals surface area contributed by atoms with E-state index in [1.165, 1.54) is 16.7 Å². The van der Waals surface area contributed by atoms with E-state index >= 15 is 0 Å². The molecule has 1 fully saturated rings. The Morgan fingerprint density at radius 1 is 1.20 bits per heavy atom. The Bertz CT molecular complexity index is 1340. The van der Waals surface area contributed by atoms with Gasteiger partial charge in [0.2, 0.25) is 0 Å². The molecule has 1 unspecified atom stereocenters. The van der Waals surface area contributed by atoms with Gasteiger partial charge >= 0.3 is 5.97 Å². The summed E-state index contributed by atoms with van der Waals surface area (Å²) >= 11 is 6.05. The fourth-order valence-corrected chi connectivity index (χ4v) is 6.12. The number of dihydropyridines is 1. The third kappa shape index (κ3) is 6.88. The lowest BCUT2D eigenvalue weighted by Gasteiger charge is -2.38. The van der Waals surface area contributed by atoms with Crippen LogP contribution in [0.1, 0.15) is 62.6 Å². The number of ether oxygens (including phenoxy) is 1. The van der Waals surface area contributed by atoms with Crippen molar-refractivity contribution in [2.45, 2.75) is 64.0 Å². The number of benzene rings is 2. The lowest BCUT2D eigenvalue weighted by atomic mass is 9.84. The maximum atomic E-state index is 11.5. The van der Waals surface area contributed by atoms with Crippen LogP contribution in [0.25, 0.3) is 5.57 Å². The number of carboxylic acids is 1. The van der Waals surface area contributed by atoms with Crippen molar-refractivity contribution >= 4 is 23.1 Å². The maximum Gasteiger partial charge on any atom is 0.309 e. The molecule has 3 aliphatic heterocycles. The van der Waals surface area contributed by atoms with Crippen LogP contribution in [0, 0.1) is 5.41 Å². The lowest BCUT2D eigenvalue weighted by molar-refractivity contribution is -0.147. The molecule has 0 spiro atoms. The summed E-state index contributed by atoms with van der Waals surface area (Å²) in [5.74, 6) is 0.131. The lowest BCUT2D eigenvalue weighted by Crippen LogP contribution is -2.42.